The molecule has 1 N–H and O–H groups in total. The number of esters is 5. The number of amides is 1. The zero-order valence-corrected chi connectivity index (χ0v) is 43.5. The highest BCUT2D eigenvalue weighted by molar-refractivity contribution is 5.74. The molecule has 4 aliphatic carbocycles. The van der Waals surface area contributed by atoms with Gasteiger partial charge in [-0.1, -0.05) is 111 Å². The largest absolute Gasteiger partial charge is 0.462 e. The van der Waals surface area contributed by atoms with E-state index in [0.29, 0.717) is 50.5 Å². The first-order valence-corrected chi connectivity index (χ1v) is 27.2. The molecule has 0 spiro atoms. The Hall–Kier alpha value is -4.42. The summed E-state index contributed by atoms with van der Waals surface area (Å²) in [4.78, 5) is 76.8. The van der Waals surface area contributed by atoms with Crippen LogP contribution >= 0.6 is 0 Å². The molecular formula is C57H85NO12. The van der Waals surface area contributed by atoms with E-state index in [-0.39, 0.29) is 121 Å². The second kappa shape index (κ2) is 26.3. The van der Waals surface area contributed by atoms with Gasteiger partial charge in [0, 0.05) is 37.6 Å². The van der Waals surface area contributed by atoms with Crippen molar-refractivity contribution in [1.29, 1.82) is 0 Å². The maximum absolute atomic E-state index is 12.9. The van der Waals surface area contributed by atoms with Gasteiger partial charge in [0.2, 0.25) is 0 Å². The van der Waals surface area contributed by atoms with Crippen molar-refractivity contribution in [2.75, 3.05) is 6.54 Å². The molecule has 13 heteroatoms. The first-order valence-electron chi connectivity index (χ1n) is 27.2. The average molecular weight is 976 g/mol. The summed E-state index contributed by atoms with van der Waals surface area (Å²) in [6, 6.07) is 0. The predicted molar refractivity (Wildman–Crippen MR) is 266 cm³/mol. The van der Waals surface area contributed by atoms with Crippen LogP contribution in [0.3, 0.4) is 0 Å². The Morgan fingerprint density at radius 3 is 1.56 bits per heavy atom. The van der Waals surface area contributed by atoms with Crippen molar-refractivity contribution in [2.24, 2.45) is 59.2 Å². The third kappa shape index (κ3) is 15.5. The van der Waals surface area contributed by atoms with Crippen LogP contribution in [0.4, 0.5) is 4.79 Å². The summed E-state index contributed by atoms with van der Waals surface area (Å²) in [6.07, 6.45) is 21.9. The fourth-order valence-electron chi connectivity index (χ4n) is 11.8. The van der Waals surface area contributed by atoms with E-state index in [2.05, 4.69) is 69.5 Å². The number of carbonyl (C=O) groups is 6. The summed E-state index contributed by atoms with van der Waals surface area (Å²) < 4.78 is 35.4. The molecule has 0 aromatic carbocycles. The number of hydrogen-bond acceptors (Lipinski definition) is 12. The normalized spacial score (nSPS) is 33.4. The van der Waals surface area contributed by atoms with Crippen molar-refractivity contribution in [3.63, 3.8) is 0 Å². The monoisotopic (exact) mass is 976 g/mol. The minimum Gasteiger partial charge on any atom is -0.462 e. The van der Waals surface area contributed by atoms with Crippen LogP contribution in [0.5, 0.6) is 0 Å². The van der Waals surface area contributed by atoms with Gasteiger partial charge in [-0.05, 0) is 111 Å². The fraction of sp³-hybridized carbons (Fsp3) is 0.754. The molecule has 1 amide bonds. The highest BCUT2D eigenvalue weighted by Gasteiger charge is 2.44. The molecule has 16 unspecified atom stereocenters. The van der Waals surface area contributed by atoms with E-state index in [1.165, 1.54) is 11.1 Å². The Balaban J connectivity index is 0.848. The number of rotatable bonds is 22. The van der Waals surface area contributed by atoms with Crippen LogP contribution in [-0.2, 0) is 52.4 Å². The molecule has 6 aliphatic rings. The lowest BCUT2D eigenvalue weighted by molar-refractivity contribution is -0.170. The van der Waals surface area contributed by atoms with E-state index in [4.69, 9.17) is 28.4 Å². The van der Waals surface area contributed by atoms with Gasteiger partial charge in [0.15, 0.2) is 0 Å². The summed E-state index contributed by atoms with van der Waals surface area (Å²) in [5, 5.41) is 2.83. The van der Waals surface area contributed by atoms with Crippen molar-refractivity contribution in [1.82, 2.24) is 5.32 Å². The van der Waals surface area contributed by atoms with E-state index < -0.39 is 18.3 Å². The van der Waals surface area contributed by atoms with Gasteiger partial charge in [-0.3, -0.25) is 24.0 Å². The average Bonchev–Trinajstić information content (AvgIpc) is 3.30. The molecule has 2 heterocycles. The first kappa shape index (κ1) is 54.9. The third-order valence-electron chi connectivity index (χ3n) is 16.2. The van der Waals surface area contributed by atoms with Crippen LogP contribution in [0.15, 0.2) is 47.6 Å². The molecule has 0 saturated carbocycles. The first-order chi connectivity index (χ1) is 33.5. The highest BCUT2D eigenvalue weighted by Crippen LogP contribution is 2.47. The van der Waals surface area contributed by atoms with Crippen LogP contribution in [-0.4, -0.2) is 79.1 Å². The van der Waals surface area contributed by atoms with Gasteiger partial charge in [-0.2, -0.15) is 0 Å². The SMILES string of the molecule is CCC(C)C(=O)OC1CC(C)C=C2C=CC(C)C(CCC3CC(OC(=O)CCCCCCCNC(=O)OC4CC(=O)OC(CCC5C(C)C=CC6=CC(C)CC(OC(=O)C(C)CC)C65)C4)CC(=O)O3)C21. The van der Waals surface area contributed by atoms with Crippen LogP contribution in [0.1, 0.15) is 171 Å². The molecule has 2 fully saturated rings. The maximum Gasteiger partial charge on any atom is 0.407 e. The topological polar surface area (TPSA) is 170 Å². The second-order valence-corrected chi connectivity index (χ2v) is 22.0. The van der Waals surface area contributed by atoms with Gasteiger partial charge in [-0.15, -0.1) is 0 Å². The van der Waals surface area contributed by atoms with Gasteiger partial charge in [0.25, 0.3) is 0 Å². The van der Waals surface area contributed by atoms with Crippen molar-refractivity contribution in [2.45, 2.75) is 208 Å². The number of nitrogens with one attached hydrogen (secondary N) is 1. The smallest absolute Gasteiger partial charge is 0.407 e. The minimum atomic E-state index is -0.564. The molecule has 0 aromatic heterocycles. The lowest BCUT2D eigenvalue weighted by Crippen LogP contribution is -2.42. The Morgan fingerprint density at radius 1 is 0.614 bits per heavy atom. The van der Waals surface area contributed by atoms with Crippen molar-refractivity contribution in [3.8, 4) is 0 Å². The lowest BCUT2D eigenvalue weighted by atomic mass is 9.65. The van der Waals surface area contributed by atoms with Crippen molar-refractivity contribution in [3.05, 3.63) is 47.6 Å². The number of alkyl carbamates (subject to hydrolysis) is 1. The molecule has 70 heavy (non-hydrogen) atoms. The van der Waals surface area contributed by atoms with Gasteiger partial charge >= 0.3 is 35.9 Å². The molecule has 2 saturated heterocycles. The molecular weight excluding hydrogens is 891 g/mol. The van der Waals surface area contributed by atoms with Crippen LogP contribution < -0.4 is 5.32 Å². The summed E-state index contributed by atoms with van der Waals surface area (Å²) in [7, 11) is 0. The van der Waals surface area contributed by atoms with Crippen molar-refractivity contribution < 1.29 is 57.2 Å². The number of ether oxygens (including phenoxy) is 6. The zero-order chi connectivity index (χ0) is 50.5. The fourth-order valence-corrected chi connectivity index (χ4v) is 11.8. The molecule has 0 aromatic rings. The standard InChI is InChI=1S/C57H85NO12/c1-9-36(5)55(62)69-48-28-34(3)26-40-19-17-38(7)46(53(40)48)23-21-42-30-44(32-51(60)65-42)67-50(59)16-14-12-11-13-15-25-58-57(64)68-45-31-43(66-52(61)33-45)22-24-47-39(8)18-20-41-27-35(4)29-49(54(41)47)70-56(63)37(6)10-2/h17-20,26-27,34-39,42-49,53-54H,9-16,21-25,28-33H2,1-8H3,(H,58,64). The van der Waals surface area contributed by atoms with E-state index in [9.17, 15) is 28.8 Å². The lowest BCUT2D eigenvalue weighted by Gasteiger charge is -2.43. The molecule has 6 rings (SSSR count). The van der Waals surface area contributed by atoms with Crippen LogP contribution in [0.2, 0.25) is 0 Å². The molecule has 16 atom stereocenters. The summed E-state index contributed by atoms with van der Waals surface area (Å²) in [6.45, 7) is 17.0. The molecule has 0 radical (unpaired) electrons. The van der Waals surface area contributed by atoms with E-state index >= 15 is 0 Å². The Bertz CT molecular complexity index is 1800. The number of carbonyl (C=O) groups excluding carboxylic acids is 6. The Kier molecular flexibility index (Phi) is 20.6. The second-order valence-electron chi connectivity index (χ2n) is 22.0. The Morgan fingerprint density at radius 2 is 1.07 bits per heavy atom. The molecule has 0 bridgehead atoms. The zero-order valence-electron chi connectivity index (χ0n) is 43.5. The van der Waals surface area contributed by atoms with Gasteiger partial charge < -0.3 is 33.7 Å². The summed E-state index contributed by atoms with van der Waals surface area (Å²) >= 11 is 0. The quantitative estimate of drug-likeness (QED) is 0.0620. The number of fused-ring (bicyclic) bond motifs is 2. The maximum atomic E-state index is 12.9. The number of unbranched alkanes of at least 4 members (excludes halogenated alkanes) is 4. The number of allylic oxidation sites excluding steroid dienone is 6. The summed E-state index contributed by atoms with van der Waals surface area (Å²) in [5.41, 5.74) is 2.45. The molecule has 13 nitrogen and oxygen atoms in total. The highest BCUT2D eigenvalue weighted by atomic mass is 16.6. The van der Waals surface area contributed by atoms with E-state index in [0.717, 1.165) is 64.2 Å². The van der Waals surface area contributed by atoms with Gasteiger partial charge in [0.05, 0.1) is 24.7 Å². The van der Waals surface area contributed by atoms with E-state index in [1.54, 1.807) is 0 Å². The molecule has 2 aliphatic heterocycles. The third-order valence-corrected chi connectivity index (χ3v) is 16.2. The van der Waals surface area contributed by atoms with Crippen molar-refractivity contribution >= 4 is 35.9 Å². The summed E-state index contributed by atoms with van der Waals surface area (Å²) in [5.74, 6) is 0.194. The number of hydrogen-bond donors (Lipinski definition) is 1. The van der Waals surface area contributed by atoms with Gasteiger partial charge in [0.1, 0.15) is 36.6 Å². The van der Waals surface area contributed by atoms with Crippen LogP contribution in [0.25, 0.3) is 0 Å². The van der Waals surface area contributed by atoms with E-state index in [1.807, 2.05) is 27.7 Å². The predicted octanol–water partition coefficient (Wildman–Crippen LogP) is 11.0. The molecule has 390 valence electrons. The number of cyclic esters (lactones) is 2. The Labute approximate surface area is 418 Å². The van der Waals surface area contributed by atoms with Gasteiger partial charge in [-0.25, -0.2) is 4.79 Å². The van der Waals surface area contributed by atoms with Crippen LogP contribution in [0, 0.1) is 59.2 Å². The minimum absolute atomic E-state index is 0.0257.